The van der Waals surface area contributed by atoms with Gasteiger partial charge in [-0.25, -0.2) is 0 Å². The monoisotopic (exact) mass is 615 g/mol. The van der Waals surface area contributed by atoms with Crippen molar-refractivity contribution in [2.75, 3.05) is 37.7 Å². The number of likely N-dealkylation sites (tertiary alicyclic amines) is 1. The fourth-order valence-corrected chi connectivity index (χ4v) is 7.65. The molecular formula is C31H42BrN3O5. The van der Waals surface area contributed by atoms with Gasteiger partial charge in [0.1, 0.15) is 11.6 Å². The van der Waals surface area contributed by atoms with Crippen molar-refractivity contribution in [2.24, 2.45) is 11.8 Å². The van der Waals surface area contributed by atoms with Crippen molar-refractivity contribution in [1.29, 1.82) is 0 Å². The highest BCUT2D eigenvalue weighted by molar-refractivity contribution is 9.09. The minimum Gasteiger partial charge on any atom is -0.396 e. The molecule has 8 nitrogen and oxygen atoms in total. The summed E-state index contributed by atoms with van der Waals surface area (Å²) in [6, 6.07) is 8.56. The topological polar surface area (TPSA) is 90.4 Å². The molecule has 2 bridgehead atoms. The molecule has 9 heteroatoms. The van der Waals surface area contributed by atoms with E-state index in [1.54, 1.807) is 26.9 Å². The number of anilines is 1. The van der Waals surface area contributed by atoms with Crippen LogP contribution in [0, 0.1) is 11.8 Å². The zero-order valence-corrected chi connectivity index (χ0v) is 25.0. The molecule has 40 heavy (non-hydrogen) atoms. The van der Waals surface area contributed by atoms with Crippen LogP contribution in [0.5, 0.6) is 0 Å². The Kier molecular flexibility index (Phi) is 10.2. The Bertz CT molecular complexity index is 1080. The zero-order chi connectivity index (χ0) is 28.9. The number of carbonyl (C=O) groups is 3. The van der Waals surface area contributed by atoms with E-state index in [0.717, 1.165) is 24.9 Å². The summed E-state index contributed by atoms with van der Waals surface area (Å²) in [6.45, 7) is 11.5. The fourth-order valence-electron chi connectivity index (χ4n) is 6.71. The first-order valence-corrected chi connectivity index (χ1v) is 15.4. The van der Waals surface area contributed by atoms with E-state index in [1.165, 1.54) is 0 Å². The van der Waals surface area contributed by atoms with Crippen molar-refractivity contribution >= 4 is 39.3 Å². The van der Waals surface area contributed by atoms with Crippen LogP contribution in [0.2, 0.25) is 0 Å². The molecule has 3 unspecified atom stereocenters. The van der Waals surface area contributed by atoms with Crippen molar-refractivity contribution in [3.8, 4) is 0 Å². The van der Waals surface area contributed by atoms with Crippen molar-refractivity contribution < 1.29 is 24.2 Å². The van der Waals surface area contributed by atoms with E-state index >= 15 is 0 Å². The minimum absolute atomic E-state index is 0.0816. The van der Waals surface area contributed by atoms with Crippen LogP contribution in [0.25, 0.3) is 0 Å². The number of aliphatic hydroxyl groups excluding tert-OH is 1. The summed E-state index contributed by atoms with van der Waals surface area (Å²) >= 11 is 3.76. The molecule has 3 fully saturated rings. The molecule has 1 aromatic rings. The molecule has 3 amide bonds. The third-order valence-electron chi connectivity index (χ3n) is 8.45. The number of amides is 3. The number of hydrogen-bond acceptors (Lipinski definition) is 5. The molecule has 3 aliphatic heterocycles. The number of nitrogens with zero attached hydrogens (tertiary/aromatic N) is 3. The molecule has 218 valence electrons. The summed E-state index contributed by atoms with van der Waals surface area (Å²) in [6.07, 6.45) is 7.14. The Hall–Kier alpha value is -2.49. The lowest BCUT2D eigenvalue weighted by molar-refractivity contribution is -0.147. The van der Waals surface area contributed by atoms with Crippen molar-refractivity contribution in [2.45, 2.75) is 68.0 Å². The summed E-state index contributed by atoms with van der Waals surface area (Å²) < 4.78 is 6.69. The smallest absolute Gasteiger partial charge is 0.248 e. The van der Waals surface area contributed by atoms with E-state index < -0.39 is 29.6 Å². The number of rotatable bonds is 15. The van der Waals surface area contributed by atoms with Crippen molar-refractivity contribution in [3.05, 3.63) is 55.6 Å². The highest BCUT2D eigenvalue weighted by atomic mass is 79.9. The van der Waals surface area contributed by atoms with Gasteiger partial charge in [-0.15, -0.1) is 13.2 Å². The molecule has 1 N–H and O–H groups in total. The van der Waals surface area contributed by atoms with Gasteiger partial charge in [-0.1, -0.05) is 59.6 Å². The van der Waals surface area contributed by atoms with E-state index in [4.69, 9.17) is 4.74 Å². The maximum absolute atomic E-state index is 14.3. The molecule has 3 aliphatic rings. The number of aliphatic hydroxyl groups is 1. The maximum Gasteiger partial charge on any atom is 0.248 e. The van der Waals surface area contributed by atoms with Gasteiger partial charge in [0.2, 0.25) is 17.7 Å². The maximum atomic E-state index is 14.3. The molecule has 6 atom stereocenters. The number of para-hydroxylation sites is 1. The van der Waals surface area contributed by atoms with Gasteiger partial charge < -0.3 is 24.5 Å². The van der Waals surface area contributed by atoms with E-state index in [0.29, 0.717) is 45.4 Å². The predicted octanol–water partition coefficient (Wildman–Crippen LogP) is 3.93. The SMILES string of the molecule is C=CCN(CCCC)C(=O)C1N(CCCCCO)C(=O)[C@@H]2[C@H](C(=O)N(CC=C)c3ccccc3)[C@H]3OC12CC3Br. The van der Waals surface area contributed by atoms with Gasteiger partial charge in [-0.2, -0.15) is 0 Å². The molecule has 4 rings (SSSR count). The van der Waals surface area contributed by atoms with E-state index in [2.05, 4.69) is 36.0 Å². The van der Waals surface area contributed by atoms with Gasteiger partial charge >= 0.3 is 0 Å². The van der Waals surface area contributed by atoms with Gasteiger partial charge in [0.05, 0.1) is 17.9 Å². The number of fused-ring (bicyclic) bond motifs is 1. The lowest BCUT2D eigenvalue weighted by Crippen LogP contribution is -2.57. The number of unbranched alkanes of at least 4 members (excludes halogenated alkanes) is 3. The summed E-state index contributed by atoms with van der Waals surface area (Å²) in [5, 5.41) is 9.27. The molecule has 0 aliphatic carbocycles. The standard InChI is InChI=1S/C31H42BrN3O5/c1-4-7-18-33(16-5-2)30(39)27-31-21-23(32)26(40-31)24(25(31)29(38)35(27)19-12-9-13-20-36)28(37)34(17-6-3)22-14-10-8-11-15-22/h5-6,8,10-11,14-15,23-27,36H,2-4,7,9,12-13,16-21H2,1H3/t23?,24-,25-,26-,27?,31?/m0/s1. The first-order chi connectivity index (χ1) is 19.4. The molecule has 0 radical (unpaired) electrons. The normalized spacial score (nSPS) is 28.4. The first-order valence-electron chi connectivity index (χ1n) is 14.5. The van der Waals surface area contributed by atoms with E-state index in [1.807, 2.05) is 30.3 Å². The lowest BCUT2D eigenvalue weighted by atomic mass is 9.70. The number of halogens is 1. The number of hydrogen-bond donors (Lipinski definition) is 1. The Balaban J connectivity index is 1.73. The minimum atomic E-state index is -1.09. The second-order valence-corrected chi connectivity index (χ2v) is 12.2. The van der Waals surface area contributed by atoms with Crippen LogP contribution >= 0.6 is 15.9 Å². The summed E-state index contributed by atoms with van der Waals surface area (Å²) in [5.74, 6) is -2.01. The number of benzene rings is 1. The fraction of sp³-hybridized carbons (Fsp3) is 0.581. The third kappa shape index (κ3) is 5.52. The quantitative estimate of drug-likeness (QED) is 0.183. The number of alkyl halides is 1. The van der Waals surface area contributed by atoms with Gasteiger partial charge in [-0.05, 0) is 44.2 Å². The van der Waals surface area contributed by atoms with Crippen LogP contribution in [0.4, 0.5) is 5.69 Å². The van der Waals surface area contributed by atoms with Crippen molar-refractivity contribution in [3.63, 3.8) is 0 Å². The second kappa shape index (κ2) is 13.4. The van der Waals surface area contributed by atoms with Gasteiger partial charge in [-0.3, -0.25) is 14.4 Å². The summed E-state index contributed by atoms with van der Waals surface area (Å²) in [7, 11) is 0. The van der Waals surface area contributed by atoms with Gasteiger partial charge in [0, 0.05) is 43.3 Å². The number of ether oxygens (including phenoxy) is 1. The average Bonchev–Trinajstić information content (AvgIpc) is 3.55. The van der Waals surface area contributed by atoms with Crippen LogP contribution in [-0.4, -0.2) is 88.0 Å². The molecule has 1 aromatic carbocycles. The average molecular weight is 617 g/mol. The van der Waals surface area contributed by atoms with Crippen LogP contribution < -0.4 is 4.90 Å². The van der Waals surface area contributed by atoms with E-state index in [-0.39, 0.29) is 29.2 Å². The number of carbonyl (C=O) groups excluding carboxylic acids is 3. The Labute approximate surface area is 246 Å². The van der Waals surface area contributed by atoms with E-state index in [9.17, 15) is 19.5 Å². The highest BCUT2D eigenvalue weighted by Crippen LogP contribution is 2.60. The predicted molar refractivity (Wildman–Crippen MR) is 159 cm³/mol. The molecule has 1 spiro atoms. The lowest BCUT2D eigenvalue weighted by Gasteiger charge is -2.37. The van der Waals surface area contributed by atoms with Crippen LogP contribution in [0.15, 0.2) is 55.6 Å². The summed E-state index contributed by atoms with van der Waals surface area (Å²) in [5.41, 5.74) is -0.363. The third-order valence-corrected chi connectivity index (χ3v) is 9.30. The Morgan fingerprint density at radius 3 is 2.50 bits per heavy atom. The summed E-state index contributed by atoms with van der Waals surface area (Å²) in [4.78, 5) is 47.8. The largest absolute Gasteiger partial charge is 0.396 e. The highest BCUT2D eigenvalue weighted by Gasteiger charge is 2.76. The zero-order valence-electron chi connectivity index (χ0n) is 23.4. The van der Waals surface area contributed by atoms with Gasteiger partial charge in [0.15, 0.2) is 0 Å². The Morgan fingerprint density at radius 1 is 1.12 bits per heavy atom. The molecule has 3 saturated heterocycles. The van der Waals surface area contributed by atoms with Crippen LogP contribution in [-0.2, 0) is 19.1 Å². The van der Waals surface area contributed by atoms with Crippen LogP contribution in [0.3, 0.4) is 0 Å². The molecule has 0 aromatic heterocycles. The Morgan fingerprint density at radius 2 is 1.85 bits per heavy atom. The molecular weight excluding hydrogens is 574 g/mol. The van der Waals surface area contributed by atoms with Crippen molar-refractivity contribution in [1.82, 2.24) is 9.80 Å². The second-order valence-electron chi connectivity index (χ2n) is 11.0. The molecule has 0 saturated carbocycles. The first kappa shape index (κ1) is 30.5. The van der Waals surface area contributed by atoms with Crippen LogP contribution in [0.1, 0.15) is 45.4 Å². The molecule has 3 heterocycles. The van der Waals surface area contributed by atoms with Gasteiger partial charge in [0.25, 0.3) is 0 Å².